The largest absolute Gasteiger partial charge is 0.354 e. The van der Waals surface area contributed by atoms with Gasteiger partial charge in [0.15, 0.2) is 11.9 Å². The van der Waals surface area contributed by atoms with Crippen LogP contribution in [0.25, 0.3) is 11.0 Å². The Morgan fingerprint density at radius 3 is 3.17 bits per heavy atom. The van der Waals surface area contributed by atoms with Gasteiger partial charge in [-0.15, -0.1) is 0 Å². The van der Waals surface area contributed by atoms with Gasteiger partial charge in [0, 0.05) is 5.39 Å². The maximum Gasteiger partial charge on any atom is 0.185 e. The summed E-state index contributed by atoms with van der Waals surface area (Å²) in [7, 11) is 0. The van der Waals surface area contributed by atoms with Gasteiger partial charge >= 0.3 is 0 Å². The van der Waals surface area contributed by atoms with Crippen molar-refractivity contribution in [3.63, 3.8) is 0 Å². The van der Waals surface area contributed by atoms with E-state index in [1.807, 2.05) is 6.92 Å². The zero-order valence-corrected chi connectivity index (χ0v) is 6.44. The van der Waals surface area contributed by atoms with Crippen LogP contribution in [0.1, 0.15) is 16.2 Å². The molecule has 0 atom stereocenters. The molecule has 4 heteroatoms. The number of aryl methyl sites for hydroxylation is 1. The van der Waals surface area contributed by atoms with Gasteiger partial charge in [-0.1, -0.05) is 5.16 Å². The van der Waals surface area contributed by atoms with Crippen LogP contribution in [0.3, 0.4) is 0 Å². The summed E-state index contributed by atoms with van der Waals surface area (Å²) in [4.78, 5) is 14.2. The SMILES string of the molecule is Cc1noc2cnc(C=O)cc12. The zero-order valence-electron chi connectivity index (χ0n) is 6.44. The minimum atomic E-state index is 0.397. The number of carbonyl (C=O) groups is 1. The molecule has 2 heterocycles. The summed E-state index contributed by atoms with van der Waals surface area (Å²) < 4.78 is 4.92. The number of aldehydes is 1. The predicted molar refractivity (Wildman–Crippen MR) is 41.9 cm³/mol. The summed E-state index contributed by atoms with van der Waals surface area (Å²) in [6, 6.07) is 1.66. The van der Waals surface area contributed by atoms with E-state index in [2.05, 4.69) is 10.1 Å². The lowest BCUT2D eigenvalue weighted by molar-refractivity contribution is 0.111. The Hall–Kier alpha value is -1.71. The van der Waals surface area contributed by atoms with Crippen LogP contribution in [-0.4, -0.2) is 16.4 Å². The minimum absolute atomic E-state index is 0.397. The van der Waals surface area contributed by atoms with Gasteiger partial charge in [-0.2, -0.15) is 0 Å². The summed E-state index contributed by atoms with van der Waals surface area (Å²) >= 11 is 0. The Morgan fingerprint density at radius 2 is 2.42 bits per heavy atom. The molecule has 60 valence electrons. The van der Waals surface area contributed by atoms with Gasteiger partial charge in [0.2, 0.25) is 0 Å². The van der Waals surface area contributed by atoms with Crippen molar-refractivity contribution in [2.75, 3.05) is 0 Å². The van der Waals surface area contributed by atoms with E-state index in [9.17, 15) is 4.79 Å². The maximum atomic E-state index is 10.4. The van der Waals surface area contributed by atoms with Gasteiger partial charge in [0.25, 0.3) is 0 Å². The van der Waals surface area contributed by atoms with Crippen LogP contribution in [0.4, 0.5) is 0 Å². The smallest absolute Gasteiger partial charge is 0.185 e. The minimum Gasteiger partial charge on any atom is -0.354 e. The van der Waals surface area contributed by atoms with Gasteiger partial charge in [-0.05, 0) is 13.0 Å². The van der Waals surface area contributed by atoms with Crippen molar-refractivity contribution in [3.8, 4) is 0 Å². The number of rotatable bonds is 1. The van der Waals surface area contributed by atoms with Crippen molar-refractivity contribution in [1.29, 1.82) is 0 Å². The first-order chi connectivity index (χ1) is 5.81. The molecule has 0 aliphatic heterocycles. The second kappa shape index (κ2) is 2.41. The van der Waals surface area contributed by atoms with E-state index in [0.717, 1.165) is 11.1 Å². The van der Waals surface area contributed by atoms with Gasteiger partial charge < -0.3 is 4.52 Å². The molecule has 0 unspecified atom stereocenters. The standard InChI is InChI=1S/C8H6N2O2/c1-5-7-2-6(4-11)9-3-8(7)12-10-5/h2-4H,1H3. The van der Waals surface area contributed by atoms with E-state index in [1.54, 1.807) is 6.07 Å². The van der Waals surface area contributed by atoms with Crippen molar-refractivity contribution in [1.82, 2.24) is 10.1 Å². The summed E-state index contributed by atoms with van der Waals surface area (Å²) in [6.07, 6.45) is 2.20. The van der Waals surface area contributed by atoms with Crippen molar-refractivity contribution in [2.24, 2.45) is 0 Å². The van der Waals surface area contributed by atoms with Crippen molar-refractivity contribution < 1.29 is 9.32 Å². The van der Waals surface area contributed by atoms with Gasteiger partial charge in [-0.25, -0.2) is 4.98 Å². The molecular weight excluding hydrogens is 156 g/mol. The van der Waals surface area contributed by atoms with Crippen molar-refractivity contribution >= 4 is 17.3 Å². The van der Waals surface area contributed by atoms with Gasteiger partial charge in [-0.3, -0.25) is 4.79 Å². The Morgan fingerprint density at radius 1 is 1.58 bits per heavy atom. The molecule has 0 aromatic carbocycles. The summed E-state index contributed by atoms with van der Waals surface area (Å²) in [5.74, 6) is 0. The molecule has 0 N–H and O–H groups in total. The molecule has 2 rings (SSSR count). The third-order valence-corrected chi connectivity index (χ3v) is 1.68. The summed E-state index contributed by atoms with van der Waals surface area (Å²) in [5.41, 5.74) is 1.78. The first-order valence-corrected chi connectivity index (χ1v) is 3.48. The molecule has 0 radical (unpaired) electrons. The Bertz CT molecular complexity index is 434. The van der Waals surface area contributed by atoms with Crippen LogP contribution >= 0.6 is 0 Å². The monoisotopic (exact) mass is 162 g/mol. The third kappa shape index (κ3) is 0.887. The van der Waals surface area contributed by atoms with E-state index in [0.29, 0.717) is 17.6 Å². The van der Waals surface area contributed by atoms with Gasteiger partial charge in [0.1, 0.15) is 5.69 Å². The quantitative estimate of drug-likeness (QED) is 0.594. The first kappa shape index (κ1) is 6.97. The highest BCUT2D eigenvalue weighted by Crippen LogP contribution is 2.16. The molecule has 4 nitrogen and oxygen atoms in total. The van der Waals surface area contributed by atoms with Crippen LogP contribution in [-0.2, 0) is 0 Å². The second-order valence-electron chi connectivity index (χ2n) is 2.49. The molecule has 0 aliphatic carbocycles. The maximum absolute atomic E-state index is 10.4. The van der Waals surface area contributed by atoms with Crippen LogP contribution in [0.15, 0.2) is 16.8 Å². The van der Waals surface area contributed by atoms with Crippen LogP contribution in [0.2, 0.25) is 0 Å². The van der Waals surface area contributed by atoms with Crippen LogP contribution in [0.5, 0.6) is 0 Å². The number of carbonyl (C=O) groups excluding carboxylic acids is 1. The molecule has 0 spiro atoms. The topological polar surface area (TPSA) is 56.0 Å². The number of nitrogens with zero attached hydrogens (tertiary/aromatic N) is 2. The van der Waals surface area contributed by atoms with Crippen molar-refractivity contribution in [2.45, 2.75) is 6.92 Å². The molecule has 0 saturated carbocycles. The Balaban J connectivity index is 2.79. The van der Waals surface area contributed by atoms with E-state index in [1.165, 1.54) is 6.20 Å². The molecule has 0 bridgehead atoms. The highest BCUT2D eigenvalue weighted by atomic mass is 16.5. The highest BCUT2D eigenvalue weighted by molar-refractivity contribution is 5.84. The van der Waals surface area contributed by atoms with E-state index in [-0.39, 0.29) is 0 Å². The fourth-order valence-corrected chi connectivity index (χ4v) is 1.05. The lowest BCUT2D eigenvalue weighted by atomic mass is 10.2. The first-order valence-electron chi connectivity index (χ1n) is 3.48. The number of hydrogen-bond acceptors (Lipinski definition) is 4. The molecule has 0 amide bonds. The van der Waals surface area contributed by atoms with Crippen molar-refractivity contribution in [3.05, 3.63) is 23.7 Å². The van der Waals surface area contributed by atoms with Crippen LogP contribution in [0, 0.1) is 6.92 Å². The fourth-order valence-electron chi connectivity index (χ4n) is 1.05. The molecule has 0 aliphatic rings. The fraction of sp³-hybridized carbons (Fsp3) is 0.125. The second-order valence-corrected chi connectivity index (χ2v) is 2.49. The normalized spacial score (nSPS) is 10.4. The number of fused-ring (bicyclic) bond motifs is 1. The lowest BCUT2D eigenvalue weighted by Crippen LogP contribution is -1.84. The average molecular weight is 162 g/mol. The number of pyridine rings is 1. The van der Waals surface area contributed by atoms with Crippen LogP contribution < -0.4 is 0 Å². The molecule has 2 aromatic rings. The molecule has 0 saturated heterocycles. The molecular formula is C8H6N2O2. The van der Waals surface area contributed by atoms with Gasteiger partial charge in [0.05, 0.1) is 11.9 Å². The number of aromatic nitrogens is 2. The summed E-state index contributed by atoms with van der Waals surface area (Å²) in [5, 5.41) is 4.58. The highest BCUT2D eigenvalue weighted by Gasteiger charge is 2.04. The third-order valence-electron chi connectivity index (χ3n) is 1.68. The predicted octanol–water partition coefficient (Wildman–Crippen LogP) is 1.34. The summed E-state index contributed by atoms with van der Waals surface area (Å²) in [6.45, 7) is 1.82. The molecule has 0 fully saturated rings. The van der Waals surface area contributed by atoms with E-state index < -0.39 is 0 Å². The molecule has 2 aromatic heterocycles. The Kier molecular flexibility index (Phi) is 1.40. The number of hydrogen-bond donors (Lipinski definition) is 0. The Labute approximate surface area is 68.2 Å². The van der Waals surface area contributed by atoms with E-state index in [4.69, 9.17) is 4.52 Å². The average Bonchev–Trinajstić information content (AvgIpc) is 2.47. The van der Waals surface area contributed by atoms with E-state index >= 15 is 0 Å². The zero-order chi connectivity index (χ0) is 8.55. The lowest BCUT2D eigenvalue weighted by Gasteiger charge is -1.88. The molecule has 12 heavy (non-hydrogen) atoms.